The maximum Gasteiger partial charge on any atom is 0.250 e. The van der Waals surface area contributed by atoms with E-state index in [-0.39, 0.29) is 10.5 Å². The molecular weight excluding hydrogens is 398 g/mol. The van der Waals surface area contributed by atoms with E-state index in [1.165, 1.54) is 11.1 Å². The minimum absolute atomic E-state index is 0.0163. The van der Waals surface area contributed by atoms with Crippen molar-refractivity contribution in [1.82, 2.24) is 4.98 Å². The van der Waals surface area contributed by atoms with E-state index in [1.54, 1.807) is 12.4 Å². The lowest BCUT2D eigenvalue weighted by molar-refractivity contribution is 0.0291. The van der Waals surface area contributed by atoms with Crippen molar-refractivity contribution in [2.45, 2.75) is 82.5 Å². The van der Waals surface area contributed by atoms with Crippen molar-refractivity contribution in [3.63, 3.8) is 0 Å². The summed E-state index contributed by atoms with van der Waals surface area (Å²) >= 11 is 0. The van der Waals surface area contributed by atoms with Gasteiger partial charge in [-0.15, -0.1) is 0 Å². The monoisotopic (exact) mass is 435 g/mol. The van der Waals surface area contributed by atoms with Crippen molar-refractivity contribution >= 4 is 8.32 Å². The Balaban J connectivity index is 1.69. The smallest absolute Gasteiger partial charge is 0.250 e. The number of benzene rings is 1. The van der Waals surface area contributed by atoms with Crippen LogP contribution in [-0.4, -0.2) is 18.4 Å². The topological polar surface area (TPSA) is 42.4 Å². The first-order valence-corrected chi connectivity index (χ1v) is 14.6. The van der Waals surface area contributed by atoms with Crippen LogP contribution in [0.5, 0.6) is 5.75 Å². The SMILES string of the molecule is CC[C@]12C=C[C@](O)(c3cccnc3)C[C@H]1CCc1cc(O[Si](C)(C)C(C)(C)C)ccc12. The molecule has 166 valence electrons. The van der Waals surface area contributed by atoms with Crippen molar-refractivity contribution in [3.8, 4) is 5.75 Å². The maximum atomic E-state index is 11.4. The summed E-state index contributed by atoms with van der Waals surface area (Å²) < 4.78 is 6.60. The third-order valence-electron chi connectivity index (χ3n) is 8.21. The lowest BCUT2D eigenvalue weighted by Gasteiger charge is -2.49. The number of allylic oxidation sites excluding steroid dienone is 1. The molecule has 0 radical (unpaired) electrons. The van der Waals surface area contributed by atoms with Crippen molar-refractivity contribution in [2.75, 3.05) is 0 Å². The molecule has 4 rings (SSSR count). The Bertz CT molecular complexity index is 978. The molecule has 0 saturated carbocycles. The van der Waals surface area contributed by atoms with Crippen LogP contribution in [0.4, 0.5) is 0 Å². The van der Waals surface area contributed by atoms with Gasteiger partial charge in [-0.1, -0.05) is 52.0 Å². The Morgan fingerprint density at radius 1 is 1.19 bits per heavy atom. The highest BCUT2D eigenvalue weighted by molar-refractivity contribution is 6.74. The third kappa shape index (κ3) is 3.78. The van der Waals surface area contributed by atoms with Gasteiger partial charge in [-0.25, -0.2) is 0 Å². The fourth-order valence-corrected chi connectivity index (χ4v) is 6.24. The standard InChI is InChI=1S/C27H37NO2Si/c1-7-26-14-15-27(29,22-9-8-16-28-19-22)18-21(26)11-10-20-17-23(12-13-24(20)26)30-31(5,6)25(2,3)4/h8-9,12-17,19,21,29H,7,10-11,18H2,1-6H3/t21-,26+,27-/m1/s1. The molecule has 3 atom stereocenters. The van der Waals surface area contributed by atoms with Crippen molar-refractivity contribution in [3.05, 3.63) is 71.6 Å². The van der Waals surface area contributed by atoms with Crippen LogP contribution < -0.4 is 4.43 Å². The summed E-state index contributed by atoms with van der Waals surface area (Å²) in [6, 6.07) is 10.7. The van der Waals surface area contributed by atoms with E-state index in [2.05, 4.69) is 70.0 Å². The van der Waals surface area contributed by atoms with E-state index in [1.807, 2.05) is 18.2 Å². The molecule has 1 aromatic carbocycles. The number of fused-ring (bicyclic) bond motifs is 3. The van der Waals surface area contributed by atoms with Gasteiger partial charge in [0.1, 0.15) is 11.4 Å². The molecule has 0 bridgehead atoms. The van der Waals surface area contributed by atoms with E-state index < -0.39 is 13.9 Å². The fraction of sp³-hybridized carbons (Fsp3) is 0.519. The number of aliphatic hydroxyl groups is 1. The van der Waals surface area contributed by atoms with Crippen LogP contribution in [0.1, 0.15) is 63.6 Å². The van der Waals surface area contributed by atoms with Crippen LogP contribution in [0, 0.1) is 5.92 Å². The highest BCUT2D eigenvalue weighted by Crippen LogP contribution is 2.53. The van der Waals surface area contributed by atoms with E-state index in [4.69, 9.17) is 4.43 Å². The van der Waals surface area contributed by atoms with E-state index in [9.17, 15) is 5.11 Å². The molecule has 3 nitrogen and oxygen atoms in total. The average molecular weight is 436 g/mol. The summed E-state index contributed by atoms with van der Waals surface area (Å²) in [5, 5.41) is 11.6. The molecule has 0 fully saturated rings. The number of pyridine rings is 1. The fourth-order valence-electron chi connectivity index (χ4n) is 5.22. The molecule has 0 amide bonds. The highest BCUT2D eigenvalue weighted by Gasteiger charge is 2.48. The van der Waals surface area contributed by atoms with Crippen molar-refractivity contribution in [2.24, 2.45) is 5.92 Å². The number of aromatic nitrogens is 1. The summed E-state index contributed by atoms with van der Waals surface area (Å²) in [6.45, 7) is 13.7. The second kappa shape index (κ2) is 7.60. The molecule has 2 aromatic rings. The van der Waals surface area contributed by atoms with Gasteiger partial charge in [0, 0.05) is 23.4 Å². The molecule has 1 aromatic heterocycles. The maximum absolute atomic E-state index is 11.4. The first-order valence-electron chi connectivity index (χ1n) is 11.7. The summed E-state index contributed by atoms with van der Waals surface area (Å²) in [7, 11) is -1.86. The van der Waals surface area contributed by atoms with Crippen molar-refractivity contribution < 1.29 is 9.53 Å². The van der Waals surface area contributed by atoms with Crippen LogP contribution in [0.25, 0.3) is 0 Å². The van der Waals surface area contributed by atoms with E-state index >= 15 is 0 Å². The third-order valence-corrected chi connectivity index (χ3v) is 12.6. The van der Waals surface area contributed by atoms with Gasteiger partial charge in [-0.3, -0.25) is 4.98 Å². The average Bonchev–Trinajstić information content (AvgIpc) is 2.73. The van der Waals surface area contributed by atoms with Gasteiger partial charge in [-0.05, 0) is 79.1 Å². The zero-order valence-electron chi connectivity index (χ0n) is 19.9. The number of hydrogen-bond acceptors (Lipinski definition) is 3. The number of rotatable bonds is 4. The van der Waals surface area contributed by atoms with Gasteiger partial charge in [0.25, 0.3) is 0 Å². The van der Waals surface area contributed by atoms with Crippen LogP contribution in [0.2, 0.25) is 18.1 Å². The largest absolute Gasteiger partial charge is 0.543 e. The Hall–Kier alpha value is -1.91. The molecule has 1 heterocycles. The molecule has 2 aliphatic carbocycles. The zero-order valence-corrected chi connectivity index (χ0v) is 20.9. The molecule has 4 heteroatoms. The molecule has 0 unspecified atom stereocenters. The van der Waals surface area contributed by atoms with Crippen molar-refractivity contribution in [1.29, 1.82) is 0 Å². The van der Waals surface area contributed by atoms with Crippen LogP contribution >= 0.6 is 0 Å². The summed E-state index contributed by atoms with van der Waals surface area (Å²) in [4.78, 5) is 4.23. The summed E-state index contributed by atoms with van der Waals surface area (Å²) in [6.07, 6.45) is 11.8. The molecule has 31 heavy (non-hydrogen) atoms. The predicted molar refractivity (Wildman–Crippen MR) is 130 cm³/mol. The quantitative estimate of drug-likeness (QED) is 0.439. The van der Waals surface area contributed by atoms with Gasteiger partial charge >= 0.3 is 0 Å². The zero-order chi connectivity index (χ0) is 22.5. The van der Waals surface area contributed by atoms with Gasteiger partial charge in [0.15, 0.2) is 0 Å². The normalized spacial score (nSPS) is 28.0. The Labute approximate surface area is 188 Å². The Kier molecular flexibility index (Phi) is 5.46. The number of aryl methyl sites for hydroxylation is 1. The minimum atomic E-state index is -1.86. The molecule has 2 aliphatic rings. The lowest BCUT2D eigenvalue weighted by Crippen LogP contribution is -2.45. The molecule has 1 N–H and O–H groups in total. The Morgan fingerprint density at radius 2 is 1.97 bits per heavy atom. The number of nitrogens with zero attached hydrogens (tertiary/aromatic N) is 1. The summed E-state index contributed by atoms with van der Waals surface area (Å²) in [5.41, 5.74) is 2.77. The van der Waals surface area contributed by atoms with Gasteiger partial charge in [-0.2, -0.15) is 0 Å². The second-order valence-corrected chi connectivity index (χ2v) is 15.7. The van der Waals surface area contributed by atoms with Crippen LogP contribution in [-0.2, 0) is 17.4 Å². The van der Waals surface area contributed by atoms with E-state index in [0.29, 0.717) is 5.92 Å². The highest BCUT2D eigenvalue weighted by atomic mass is 28.4. The Morgan fingerprint density at radius 3 is 2.61 bits per heavy atom. The second-order valence-electron chi connectivity index (χ2n) is 11.0. The summed E-state index contributed by atoms with van der Waals surface area (Å²) in [5.74, 6) is 1.43. The molecule has 0 saturated heterocycles. The molecule has 0 spiro atoms. The predicted octanol–water partition coefficient (Wildman–Crippen LogP) is 6.52. The van der Waals surface area contributed by atoms with Gasteiger partial charge < -0.3 is 9.53 Å². The van der Waals surface area contributed by atoms with E-state index in [0.717, 1.165) is 37.0 Å². The molecule has 0 aliphatic heterocycles. The first kappa shape index (κ1) is 22.3. The van der Waals surface area contributed by atoms with Gasteiger partial charge in [0.2, 0.25) is 8.32 Å². The lowest BCUT2D eigenvalue weighted by atomic mass is 9.56. The van der Waals surface area contributed by atoms with Crippen LogP contribution in [0.15, 0.2) is 54.9 Å². The molecular formula is C27H37NO2Si. The van der Waals surface area contributed by atoms with Crippen LogP contribution in [0.3, 0.4) is 0 Å². The number of hydrogen-bond donors (Lipinski definition) is 1. The first-order chi connectivity index (χ1) is 14.5. The minimum Gasteiger partial charge on any atom is -0.543 e. The van der Waals surface area contributed by atoms with Gasteiger partial charge in [0.05, 0.1) is 0 Å².